The van der Waals surface area contributed by atoms with E-state index in [0.717, 1.165) is 38.3 Å². The van der Waals surface area contributed by atoms with E-state index in [1.165, 1.54) is 80.8 Å². The third-order valence-electron chi connectivity index (χ3n) is 10.6. The zero-order valence-corrected chi connectivity index (χ0v) is 32.1. The number of carboxylic acid groups (broad SMARTS) is 2. The first-order valence-corrected chi connectivity index (χ1v) is 18.3. The predicted molar refractivity (Wildman–Crippen MR) is 221 cm³/mol. The van der Waals surface area contributed by atoms with Gasteiger partial charge in [-0.2, -0.15) is 0 Å². The van der Waals surface area contributed by atoms with Gasteiger partial charge in [0, 0.05) is 37.3 Å². The van der Waals surface area contributed by atoms with Crippen LogP contribution in [0.25, 0.3) is 27.2 Å². The number of aromatic carboxylic acids is 2. The number of hydrogen-bond acceptors (Lipinski definition) is 11. The van der Waals surface area contributed by atoms with Crippen molar-refractivity contribution in [3.8, 4) is 5.69 Å². The number of amides is 4. The molecule has 0 saturated heterocycles. The third kappa shape index (κ3) is 6.34. The molecule has 0 radical (unpaired) electrons. The number of carbonyl (C=O) groups is 7. The second-order valence-corrected chi connectivity index (χ2v) is 14.2. The van der Waals surface area contributed by atoms with Gasteiger partial charge in [-0.15, -0.1) is 0 Å². The fourth-order valence-corrected chi connectivity index (χ4v) is 7.39. The summed E-state index contributed by atoms with van der Waals surface area (Å²) in [5, 5.41) is 24.2. The highest BCUT2D eigenvalue weighted by atomic mass is 16.4. The zero-order chi connectivity index (χ0) is 44.5. The molecule has 0 fully saturated rings. The first kappa shape index (κ1) is 39.9. The Labute approximate surface area is 345 Å². The number of carbonyl (C=O) groups excluding carboxylic acids is 5. The molecule has 0 bridgehead atoms. The molecule has 0 aliphatic carbocycles. The summed E-state index contributed by atoms with van der Waals surface area (Å²) in [4.78, 5) is 143. The smallest absolute Gasteiger partial charge is 0.336 e. The summed E-state index contributed by atoms with van der Waals surface area (Å²) in [6.07, 6.45) is -0.350. The Morgan fingerprint density at radius 1 is 0.548 bits per heavy atom. The number of ketones is 1. The molecule has 8 rings (SSSR count). The van der Waals surface area contributed by atoms with Crippen LogP contribution >= 0.6 is 0 Å². The Bertz CT molecular complexity index is 3350. The van der Waals surface area contributed by atoms with E-state index in [1.807, 2.05) is 0 Å². The number of nitrogens with zero attached hydrogens (tertiary/aromatic N) is 3. The summed E-state index contributed by atoms with van der Waals surface area (Å²) >= 11 is 0. The van der Waals surface area contributed by atoms with Crippen molar-refractivity contribution in [1.82, 2.24) is 14.5 Å². The van der Waals surface area contributed by atoms with Crippen LogP contribution < -0.4 is 37.8 Å². The van der Waals surface area contributed by atoms with Crippen LogP contribution in [-0.4, -0.2) is 67.7 Å². The number of fused-ring (bicyclic) bond motifs is 3. The maximum absolute atomic E-state index is 13.7. The lowest BCUT2D eigenvalue weighted by Crippen LogP contribution is -2.29. The molecule has 1 aliphatic heterocycles. The lowest BCUT2D eigenvalue weighted by molar-refractivity contribution is 0.0683. The van der Waals surface area contributed by atoms with Gasteiger partial charge in [-0.1, -0.05) is 12.1 Å². The molecule has 306 valence electrons. The number of hydrogen-bond donors (Lipinski definition) is 4. The number of carboxylic acids is 2. The normalized spacial score (nSPS) is 12.2. The summed E-state index contributed by atoms with van der Waals surface area (Å²) in [6.45, 7) is 0. The molecule has 0 spiro atoms. The maximum Gasteiger partial charge on any atom is 0.336 e. The Hall–Kier alpha value is -8.93. The van der Waals surface area contributed by atoms with Gasteiger partial charge in [0.25, 0.3) is 45.9 Å². The maximum atomic E-state index is 13.7. The topological polar surface area (TPSA) is 265 Å². The Balaban J connectivity index is 1.01. The molecule has 62 heavy (non-hydrogen) atoms. The molecule has 0 unspecified atom stereocenters. The average Bonchev–Trinajstić information content (AvgIpc) is 3.75. The SMILES string of the molecule is CNC(=O)c1cc(C(=O)Nc2ccc(CC(=O)c3cc4c(cc3C(=O)O)C(=O)N(c3ccc(-n5c(=O)c6cc7c(=O)n(C)c(=O)c7cc6c5=O)cc3)C4=O)cc2)ccc1C(=O)O. The summed E-state index contributed by atoms with van der Waals surface area (Å²) < 4.78 is 1.70. The molecular formula is C44H27N5O13. The Morgan fingerprint density at radius 2 is 1.06 bits per heavy atom. The molecule has 5 aromatic carbocycles. The van der Waals surface area contributed by atoms with Gasteiger partial charge < -0.3 is 20.8 Å². The fraction of sp³-hybridized carbons (Fsp3) is 0.0682. The summed E-state index contributed by atoms with van der Waals surface area (Å²) in [6, 6.07) is 19.0. The van der Waals surface area contributed by atoms with E-state index in [9.17, 15) is 63.0 Å². The largest absolute Gasteiger partial charge is 0.478 e. The van der Waals surface area contributed by atoms with Crippen LogP contribution in [0.5, 0.6) is 0 Å². The van der Waals surface area contributed by atoms with Crippen LogP contribution in [0.1, 0.15) is 78.1 Å². The number of Topliss-reactive ketones (excluding diaryl/α,β-unsaturated/α-hetero) is 1. The van der Waals surface area contributed by atoms with Gasteiger partial charge in [-0.25, -0.2) is 19.1 Å². The number of anilines is 2. The molecule has 3 heterocycles. The van der Waals surface area contributed by atoms with Crippen LogP contribution in [-0.2, 0) is 13.5 Å². The first-order chi connectivity index (χ1) is 29.5. The second kappa shape index (κ2) is 14.7. The highest BCUT2D eigenvalue weighted by Crippen LogP contribution is 2.32. The van der Waals surface area contributed by atoms with Crippen molar-refractivity contribution in [2.24, 2.45) is 7.05 Å². The van der Waals surface area contributed by atoms with Gasteiger partial charge >= 0.3 is 11.9 Å². The Kier molecular flexibility index (Phi) is 9.46. The van der Waals surface area contributed by atoms with Crippen LogP contribution in [0.4, 0.5) is 11.4 Å². The summed E-state index contributed by atoms with van der Waals surface area (Å²) in [5.74, 6) is -6.75. The van der Waals surface area contributed by atoms with Crippen LogP contribution in [0.15, 0.2) is 110 Å². The average molecular weight is 834 g/mol. The number of rotatable bonds is 10. The predicted octanol–water partition coefficient (Wildman–Crippen LogP) is 2.67. The van der Waals surface area contributed by atoms with Gasteiger partial charge in [-0.05, 0) is 84.4 Å². The van der Waals surface area contributed by atoms with Gasteiger partial charge in [0.2, 0.25) is 0 Å². The van der Waals surface area contributed by atoms with Gasteiger partial charge in [0.05, 0.1) is 60.7 Å². The van der Waals surface area contributed by atoms with E-state index in [2.05, 4.69) is 10.6 Å². The minimum absolute atomic E-state index is 0.00382. The fourth-order valence-electron chi connectivity index (χ4n) is 7.39. The highest BCUT2D eigenvalue weighted by molar-refractivity contribution is 6.35. The van der Waals surface area contributed by atoms with Crippen molar-refractivity contribution >= 4 is 74.3 Å². The third-order valence-corrected chi connectivity index (χ3v) is 10.6. The van der Waals surface area contributed by atoms with Crippen molar-refractivity contribution in [2.75, 3.05) is 17.3 Å². The molecule has 0 atom stereocenters. The van der Waals surface area contributed by atoms with E-state index < -0.39 is 69.2 Å². The first-order valence-electron chi connectivity index (χ1n) is 18.3. The summed E-state index contributed by atoms with van der Waals surface area (Å²) in [7, 11) is 2.59. The lowest BCUT2D eigenvalue weighted by Gasteiger charge is -2.14. The Morgan fingerprint density at radius 3 is 1.60 bits per heavy atom. The second-order valence-electron chi connectivity index (χ2n) is 14.2. The zero-order valence-electron chi connectivity index (χ0n) is 32.1. The van der Waals surface area contributed by atoms with Crippen molar-refractivity contribution in [3.63, 3.8) is 0 Å². The summed E-state index contributed by atoms with van der Waals surface area (Å²) in [5.41, 5.74) is -4.01. The van der Waals surface area contributed by atoms with Gasteiger partial charge in [0.15, 0.2) is 5.78 Å². The molecule has 4 N–H and O–H groups in total. The molecule has 7 aromatic rings. The minimum Gasteiger partial charge on any atom is -0.478 e. The number of imide groups is 1. The lowest BCUT2D eigenvalue weighted by atomic mass is 9.94. The highest BCUT2D eigenvalue weighted by Gasteiger charge is 2.39. The molecule has 18 nitrogen and oxygen atoms in total. The van der Waals surface area contributed by atoms with Crippen molar-refractivity contribution in [1.29, 1.82) is 0 Å². The number of benzene rings is 5. The standard InChI is InChI=1S/C44H27N5O13/c1-45-36(52)26-14-20(5-12-24(26)43(59)60)35(51)46-21-6-3-19(4-7-21)13-34(50)25-15-29-32(18-33(25)44(61)62)42(58)48(39(29)55)22-8-10-23(11-9-22)49-40(56)30-16-27-28(17-31(30)41(49)57)38(54)47(2)37(27)53/h3-12,14-18H,13H2,1-2H3,(H,45,52)(H,46,51)(H,59,60)(H,61,62). The van der Waals surface area contributed by atoms with E-state index in [-0.39, 0.29) is 78.4 Å². The molecule has 0 saturated carbocycles. The molecule has 4 amide bonds. The van der Waals surface area contributed by atoms with Crippen molar-refractivity contribution < 1.29 is 43.8 Å². The quantitative estimate of drug-likeness (QED) is 0.114. The van der Waals surface area contributed by atoms with E-state index in [1.54, 1.807) is 0 Å². The van der Waals surface area contributed by atoms with Gasteiger partial charge in [-0.3, -0.25) is 47.7 Å². The molecule has 2 aromatic heterocycles. The van der Waals surface area contributed by atoms with Gasteiger partial charge in [0.1, 0.15) is 0 Å². The van der Waals surface area contributed by atoms with Crippen molar-refractivity contribution in [3.05, 3.63) is 177 Å². The van der Waals surface area contributed by atoms with E-state index in [0.29, 0.717) is 5.56 Å². The molecule has 18 heteroatoms. The van der Waals surface area contributed by atoms with Crippen LogP contribution in [0.2, 0.25) is 0 Å². The monoisotopic (exact) mass is 833 g/mol. The molecular weight excluding hydrogens is 807 g/mol. The molecule has 1 aliphatic rings. The van der Waals surface area contributed by atoms with Crippen molar-refractivity contribution in [2.45, 2.75) is 6.42 Å². The number of aromatic nitrogens is 2. The number of nitrogens with one attached hydrogen (secondary N) is 2. The minimum atomic E-state index is -1.54. The van der Waals surface area contributed by atoms with Crippen LogP contribution in [0, 0.1) is 0 Å². The van der Waals surface area contributed by atoms with E-state index in [4.69, 9.17) is 0 Å². The van der Waals surface area contributed by atoms with E-state index >= 15 is 0 Å². The van der Waals surface area contributed by atoms with Crippen LogP contribution in [0.3, 0.4) is 0 Å².